The Morgan fingerprint density at radius 2 is 2.50 bits per heavy atom. The number of nitrogens with zero attached hydrogens (tertiary/aromatic N) is 3. The Balaban J connectivity index is 2.03. The minimum Gasteiger partial charge on any atom is -0.373 e. The zero-order valence-electron chi connectivity index (χ0n) is 9.35. The van der Waals surface area contributed by atoms with Crippen LogP contribution in [0.1, 0.15) is 19.0 Å². The minimum absolute atomic E-state index is 0.00734. The van der Waals surface area contributed by atoms with Gasteiger partial charge in [-0.2, -0.15) is 0 Å². The lowest BCUT2D eigenvalue weighted by atomic mass is 10.1. The van der Waals surface area contributed by atoms with Crippen LogP contribution in [0.2, 0.25) is 0 Å². The van der Waals surface area contributed by atoms with Gasteiger partial charge in [-0.1, -0.05) is 12.1 Å². The third-order valence-electron chi connectivity index (χ3n) is 2.62. The van der Waals surface area contributed by atoms with Crippen molar-refractivity contribution in [3.63, 3.8) is 0 Å². The summed E-state index contributed by atoms with van der Waals surface area (Å²) in [7, 11) is 0. The molecule has 88 valence electrons. The van der Waals surface area contributed by atoms with Gasteiger partial charge in [0.25, 0.3) is 0 Å². The average molecular weight is 224 g/mol. The highest BCUT2D eigenvalue weighted by atomic mass is 16.5. The Morgan fingerprint density at radius 3 is 3.38 bits per heavy atom. The first-order chi connectivity index (χ1) is 7.75. The Morgan fingerprint density at radius 1 is 1.62 bits per heavy atom. The maximum Gasteiger partial charge on any atom is 0.222 e. The zero-order valence-corrected chi connectivity index (χ0v) is 9.35. The van der Waals surface area contributed by atoms with Crippen molar-refractivity contribution in [2.45, 2.75) is 26.5 Å². The van der Waals surface area contributed by atoms with Crippen LogP contribution in [0.25, 0.3) is 0 Å². The molecule has 0 unspecified atom stereocenters. The molecule has 0 spiro atoms. The Hall–Kier alpha value is -1.43. The fraction of sp³-hybridized carbons (Fsp3) is 0.700. The van der Waals surface area contributed by atoms with Crippen LogP contribution in [-0.2, 0) is 22.7 Å². The second kappa shape index (κ2) is 5.07. The van der Waals surface area contributed by atoms with E-state index in [0.29, 0.717) is 26.3 Å². The van der Waals surface area contributed by atoms with Crippen molar-refractivity contribution in [1.29, 1.82) is 0 Å². The summed E-state index contributed by atoms with van der Waals surface area (Å²) in [5.74, 6) is 0.0663. The van der Waals surface area contributed by atoms with E-state index in [1.807, 2.05) is 13.1 Å². The molecule has 1 aromatic heterocycles. The number of hydrogen-bond acceptors (Lipinski definition) is 4. The maximum absolute atomic E-state index is 11.6. The summed E-state index contributed by atoms with van der Waals surface area (Å²) in [6.07, 6.45) is 2.64. The summed E-state index contributed by atoms with van der Waals surface area (Å²) in [6, 6.07) is 0. The van der Waals surface area contributed by atoms with Crippen molar-refractivity contribution in [2.24, 2.45) is 5.92 Å². The molecule has 0 aromatic carbocycles. The van der Waals surface area contributed by atoms with Gasteiger partial charge in [-0.3, -0.25) is 9.48 Å². The molecule has 1 aromatic rings. The van der Waals surface area contributed by atoms with Crippen LogP contribution in [0.15, 0.2) is 6.20 Å². The SMILES string of the molecule is C[C@H]1CCn2cc(nn2)COCCNC1=O. The summed E-state index contributed by atoms with van der Waals surface area (Å²) < 4.78 is 7.11. The van der Waals surface area contributed by atoms with Crippen molar-refractivity contribution in [2.75, 3.05) is 13.2 Å². The molecule has 0 saturated carbocycles. The highest BCUT2D eigenvalue weighted by molar-refractivity contribution is 5.78. The Kier molecular flexibility index (Phi) is 3.51. The van der Waals surface area contributed by atoms with Crippen LogP contribution in [-0.4, -0.2) is 34.1 Å². The number of carbonyl (C=O) groups is 1. The van der Waals surface area contributed by atoms with Crippen molar-refractivity contribution in [1.82, 2.24) is 20.3 Å². The van der Waals surface area contributed by atoms with E-state index < -0.39 is 0 Å². The summed E-state index contributed by atoms with van der Waals surface area (Å²) in [5, 5.41) is 10.8. The summed E-state index contributed by atoms with van der Waals surface area (Å²) >= 11 is 0. The van der Waals surface area contributed by atoms with Gasteiger partial charge in [0.05, 0.1) is 19.4 Å². The molecule has 6 heteroatoms. The van der Waals surface area contributed by atoms with E-state index in [4.69, 9.17) is 4.74 Å². The molecular formula is C10H16N4O2. The number of rotatable bonds is 0. The number of carbonyl (C=O) groups excluding carboxylic acids is 1. The molecule has 1 amide bonds. The van der Waals surface area contributed by atoms with Crippen LogP contribution >= 0.6 is 0 Å². The third-order valence-corrected chi connectivity index (χ3v) is 2.62. The van der Waals surface area contributed by atoms with E-state index in [1.54, 1.807) is 4.68 Å². The first-order valence-corrected chi connectivity index (χ1v) is 5.50. The van der Waals surface area contributed by atoms with Crippen molar-refractivity contribution in [3.05, 3.63) is 11.9 Å². The summed E-state index contributed by atoms with van der Waals surface area (Å²) in [6.45, 7) is 4.13. The van der Waals surface area contributed by atoms with Gasteiger partial charge in [-0.25, -0.2) is 0 Å². The van der Waals surface area contributed by atoms with Crippen LogP contribution in [0.3, 0.4) is 0 Å². The van der Waals surface area contributed by atoms with Gasteiger partial charge in [-0.15, -0.1) is 5.10 Å². The van der Waals surface area contributed by atoms with Crippen molar-refractivity contribution < 1.29 is 9.53 Å². The Labute approximate surface area is 94.0 Å². The smallest absolute Gasteiger partial charge is 0.222 e. The van der Waals surface area contributed by atoms with Gasteiger partial charge in [0.1, 0.15) is 5.69 Å². The van der Waals surface area contributed by atoms with Gasteiger partial charge in [0.2, 0.25) is 5.91 Å². The normalized spacial score (nSPS) is 23.1. The monoisotopic (exact) mass is 224 g/mol. The molecule has 2 bridgehead atoms. The number of hydrogen-bond donors (Lipinski definition) is 1. The minimum atomic E-state index is -0.00734. The fourth-order valence-electron chi connectivity index (χ4n) is 1.57. The van der Waals surface area contributed by atoms with E-state index in [9.17, 15) is 4.79 Å². The molecule has 1 atom stereocenters. The molecule has 6 nitrogen and oxygen atoms in total. The predicted molar refractivity (Wildman–Crippen MR) is 56.5 cm³/mol. The standard InChI is InChI=1S/C10H16N4O2/c1-8-2-4-14-6-9(12-13-14)7-16-5-3-11-10(8)15/h6,8H,2-5,7H2,1H3,(H,11,15)/t8-/m0/s1. The second-order valence-corrected chi connectivity index (χ2v) is 4.01. The fourth-order valence-corrected chi connectivity index (χ4v) is 1.57. The number of nitrogens with one attached hydrogen (secondary N) is 1. The molecule has 0 fully saturated rings. The van der Waals surface area contributed by atoms with Crippen molar-refractivity contribution >= 4 is 5.91 Å². The average Bonchev–Trinajstić information content (AvgIpc) is 2.72. The second-order valence-electron chi connectivity index (χ2n) is 4.01. The molecule has 1 N–H and O–H groups in total. The van der Waals surface area contributed by atoms with E-state index in [1.165, 1.54) is 0 Å². The molecule has 0 radical (unpaired) electrons. The van der Waals surface area contributed by atoms with E-state index >= 15 is 0 Å². The lowest BCUT2D eigenvalue weighted by Gasteiger charge is -2.12. The predicted octanol–water partition coefficient (Wildman–Crippen LogP) is -0.0493. The maximum atomic E-state index is 11.6. The molecular weight excluding hydrogens is 208 g/mol. The number of fused-ring (bicyclic) bond motifs is 2. The highest BCUT2D eigenvalue weighted by Gasteiger charge is 2.13. The summed E-state index contributed by atoms with van der Waals surface area (Å²) in [5.41, 5.74) is 0.833. The molecule has 0 aliphatic carbocycles. The number of aromatic nitrogens is 3. The van der Waals surface area contributed by atoms with Crippen LogP contribution in [0.4, 0.5) is 0 Å². The first kappa shape index (κ1) is 11.1. The Bertz CT molecular complexity index is 363. The van der Waals surface area contributed by atoms with Crippen molar-refractivity contribution in [3.8, 4) is 0 Å². The molecule has 1 aliphatic rings. The van der Waals surface area contributed by atoms with Crippen LogP contribution in [0, 0.1) is 5.92 Å². The largest absolute Gasteiger partial charge is 0.373 e. The van der Waals surface area contributed by atoms with Gasteiger partial charge in [0, 0.05) is 19.0 Å². The topological polar surface area (TPSA) is 69.0 Å². The third kappa shape index (κ3) is 2.79. The molecule has 16 heavy (non-hydrogen) atoms. The number of amides is 1. The van der Waals surface area contributed by atoms with E-state index in [-0.39, 0.29) is 11.8 Å². The molecule has 2 rings (SSSR count). The first-order valence-electron chi connectivity index (χ1n) is 5.50. The number of ether oxygens (including phenoxy) is 1. The van der Waals surface area contributed by atoms with Gasteiger partial charge in [-0.05, 0) is 6.42 Å². The van der Waals surface area contributed by atoms with Gasteiger partial charge >= 0.3 is 0 Å². The lowest BCUT2D eigenvalue weighted by molar-refractivity contribution is -0.125. The van der Waals surface area contributed by atoms with Crippen LogP contribution < -0.4 is 5.32 Å². The van der Waals surface area contributed by atoms with Gasteiger partial charge in [0.15, 0.2) is 0 Å². The van der Waals surface area contributed by atoms with E-state index in [0.717, 1.165) is 12.1 Å². The summed E-state index contributed by atoms with van der Waals surface area (Å²) in [4.78, 5) is 11.6. The quantitative estimate of drug-likeness (QED) is 0.671. The zero-order chi connectivity index (χ0) is 11.4. The van der Waals surface area contributed by atoms with E-state index in [2.05, 4.69) is 15.6 Å². The highest BCUT2D eigenvalue weighted by Crippen LogP contribution is 2.05. The molecule has 0 saturated heterocycles. The molecule has 1 aliphatic heterocycles. The van der Waals surface area contributed by atoms with Gasteiger partial charge < -0.3 is 10.1 Å². The lowest BCUT2D eigenvalue weighted by Crippen LogP contribution is -2.32. The molecule has 2 heterocycles. The van der Waals surface area contributed by atoms with Crippen LogP contribution in [0.5, 0.6) is 0 Å². The number of aryl methyl sites for hydroxylation is 1.